The number of rotatable bonds is 2. The number of halogens is 1. The first-order valence-electron chi connectivity index (χ1n) is 5.39. The van der Waals surface area contributed by atoms with E-state index in [0.29, 0.717) is 26.2 Å². The SMILES string of the molecule is O=C(c1cc([N+](=O)[O-])cnc1Cl)N1CCNCC1. The molecule has 7 nitrogen and oxygen atoms in total. The summed E-state index contributed by atoms with van der Waals surface area (Å²) in [6.45, 7) is 2.51. The first kappa shape index (κ1) is 12.7. The molecule has 1 aromatic heterocycles. The van der Waals surface area contributed by atoms with Crippen LogP contribution in [0, 0.1) is 10.1 Å². The molecule has 2 heterocycles. The molecule has 0 unspecified atom stereocenters. The second-order valence-corrected chi connectivity index (χ2v) is 4.19. The van der Waals surface area contributed by atoms with Crippen molar-refractivity contribution in [3.8, 4) is 0 Å². The highest BCUT2D eigenvalue weighted by molar-refractivity contribution is 6.32. The van der Waals surface area contributed by atoms with E-state index in [2.05, 4.69) is 10.3 Å². The van der Waals surface area contributed by atoms with Gasteiger partial charge in [0.25, 0.3) is 11.6 Å². The minimum atomic E-state index is -0.599. The van der Waals surface area contributed by atoms with Crippen LogP contribution >= 0.6 is 11.6 Å². The van der Waals surface area contributed by atoms with Crippen molar-refractivity contribution in [2.24, 2.45) is 0 Å². The molecule has 1 aliphatic rings. The Morgan fingerprint density at radius 3 is 2.78 bits per heavy atom. The maximum atomic E-state index is 12.1. The van der Waals surface area contributed by atoms with Crippen LogP contribution in [0.5, 0.6) is 0 Å². The summed E-state index contributed by atoms with van der Waals surface area (Å²) in [4.78, 5) is 27.5. The standard InChI is InChI=1S/C10H11ClN4O3/c11-9-8(5-7(6-13-9)15(17)18)10(16)14-3-1-12-2-4-14/h5-6,12H,1-4H2. The van der Waals surface area contributed by atoms with Gasteiger partial charge in [0, 0.05) is 32.2 Å². The summed E-state index contributed by atoms with van der Waals surface area (Å²) in [5.74, 6) is -0.322. The minimum Gasteiger partial charge on any atom is -0.336 e. The molecular weight excluding hydrogens is 260 g/mol. The van der Waals surface area contributed by atoms with E-state index in [1.54, 1.807) is 4.90 Å². The van der Waals surface area contributed by atoms with Crippen molar-refractivity contribution in [3.63, 3.8) is 0 Å². The van der Waals surface area contributed by atoms with Crippen LogP contribution in [0.2, 0.25) is 5.15 Å². The molecule has 18 heavy (non-hydrogen) atoms. The molecule has 1 fully saturated rings. The van der Waals surface area contributed by atoms with Gasteiger partial charge in [-0.25, -0.2) is 4.98 Å². The van der Waals surface area contributed by atoms with Crippen LogP contribution in [0.3, 0.4) is 0 Å². The molecule has 8 heteroatoms. The van der Waals surface area contributed by atoms with Crippen LogP contribution in [-0.2, 0) is 0 Å². The van der Waals surface area contributed by atoms with Crippen molar-refractivity contribution in [1.82, 2.24) is 15.2 Å². The van der Waals surface area contributed by atoms with Crippen LogP contribution in [0.4, 0.5) is 5.69 Å². The molecule has 1 N–H and O–H groups in total. The fourth-order valence-electron chi connectivity index (χ4n) is 1.73. The van der Waals surface area contributed by atoms with Gasteiger partial charge in [-0.3, -0.25) is 14.9 Å². The van der Waals surface area contributed by atoms with Gasteiger partial charge < -0.3 is 10.2 Å². The highest BCUT2D eigenvalue weighted by Gasteiger charge is 2.23. The van der Waals surface area contributed by atoms with Crippen molar-refractivity contribution in [3.05, 3.63) is 33.1 Å². The van der Waals surface area contributed by atoms with E-state index in [0.717, 1.165) is 6.20 Å². The van der Waals surface area contributed by atoms with Crippen molar-refractivity contribution in [2.75, 3.05) is 26.2 Å². The quantitative estimate of drug-likeness (QED) is 0.485. The molecule has 0 atom stereocenters. The second kappa shape index (κ2) is 5.28. The summed E-state index contributed by atoms with van der Waals surface area (Å²) in [7, 11) is 0. The number of carbonyl (C=O) groups excluding carboxylic acids is 1. The smallest absolute Gasteiger partial charge is 0.288 e. The molecule has 96 valence electrons. The van der Waals surface area contributed by atoms with Crippen LogP contribution < -0.4 is 5.32 Å². The normalized spacial score (nSPS) is 15.5. The lowest BCUT2D eigenvalue weighted by atomic mass is 10.2. The lowest BCUT2D eigenvalue weighted by molar-refractivity contribution is -0.385. The predicted octanol–water partition coefficient (Wildman–Crippen LogP) is 0.689. The zero-order chi connectivity index (χ0) is 13.1. The van der Waals surface area contributed by atoms with Gasteiger partial charge in [0.15, 0.2) is 0 Å². The minimum absolute atomic E-state index is 0.0101. The lowest BCUT2D eigenvalue weighted by Crippen LogP contribution is -2.46. The molecule has 2 rings (SSSR count). The number of nitrogens with one attached hydrogen (secondary N) is 1. The van der Waals surface area contributed by atoms with E-state index in [-0.39, 0.29) is 22.3 Å². The molecule has 1 aromatic rings. The molecule has 0 spiro atoms. The van der Waals surface area contributed by atoms with Gasteiger partial charge in [-0.1, -0.05) is 11.6 Å². The van der Waals surface area contributed by atoms with Gasteiger partial charge >= 0.3 is 0 Å². The number of carbonyl (C=O) groups is 1. The van der Waals surface area contributed by atoms with E-state index in [9.17, 15) is 14.9 Å². The van der Waals surface area contributed by atoms with E-state index < -0.39 is 4.92 Å². The summed E-state index contributed by atoms with van der Waals surface area (Å²) >= 11 is 5.82. The van der Waals surface area contributed by atoms with Gasteiger partial charge in [-0.15, -0.1) is 0 Å². The number of nitro groups is 1. The summed E-state index contributed by atoms with van der Waals surface area (Å²) in [6.07, 6.45) is 1.04. The molecule has 0 saturated carbocycles. The third-order valence-electron chi connectivity index (χ3n) is 2.67. The van der Waals surface area contributed by atoms with Crippen molar-refractivity contribution < 1.29 is 9.72 Å². The maximum absolute atomic E-state index is 12.1. The van der Waals surface area contributed by atoms with Crippen molar-refractivity contribution in [2.45, 2.75) is 0 Å². The molecule has 0 radical (unpaired) electrons. The lowest BCUT2D eigenvalue weighted by Gasteiger charge is -2.27. The molecule has 0 aromatic carbocycles. The summed E-state index contributed by atoms with van der Waals surface area (Å²) in [5, 5.41) is 13.8. The summed E-state index contributed by atoms with van der Waals surface area (Å²) in [6, 6.07) is 1.17. The Kier molecular flexibility index (Phi) is 3.73. The van der Waals surface area contributed by atoms with Gasteiger partial charge in [0.1, 0.15) is 11.3 Å². The van der Waals surface area contributed by atoms with Crippen LogP contribution in [-0.4, -0.2) is 46.9 Å². The number of piperazine rings is 1. The topological polar surface area (TPSA) is 88.4 Å². The zero-order valence-corrected chi connectivity index (χ0v) is 10.2. The monoisotopic (exact) mass is 270 g/mol. The predicted molar refractivity (Wildman–Crippen MR) is 64.7 cm³/mol. The van der Waals surface area contributed by atoms with Crippen LogP contribution in [0.25, 0.3) is 0 Å². The summed E-state index contributed by atoms with van der Waals surface area (Å²) in [5.41, 5.74) is -0.161. The van der Waals surface area contributed by atoms with Gasteiger partial charge in [0.2, 0.25) is 0 Å². The number of amides is 1. The Bertz CT molecular complexity index is 488. The number of pyridine rings is 1. The zero-order valence-electron chi connectivity index (χ0n) is 9.43. The molecule has 1 amide bonds. The fourth-order valence-corrected chi connectivity index (χ4v) is 1.91. The number of hydrogen-bond donors (Lipinski definition) is 1. The third kappa shape index (κ3) is 2.57. The Labute approximate surface area is 108 Å². The Morgan fingerprint density at radius 2 is 2.17 bits per heavy atom. The van der Waals surface area contributed by atoms with Crippen molar-refractivity contribution >= 4 is 23.2 Å². The molecular formula is C10H11ClN4O3. The van der Waals surface area contributed by atoms with Crippen LogP contribution in [0.15, 0.2) is 12.3 Å². The number of nitrogens with zero attached hydrogens (tertiary/aromatic N) is 3. The fraction of sp³-hybridized carbons (Fsp3) is 0.400. The average molecular weight is 271 g/mol. The molecule has 0 bridgehead atoms. The molecule has 1 saturated heterocycles. The Balaban J connectivity index is 2.28. The Morgan fingerprint density at radius 1 is 1.50 bits per heavy atom. The average Bonchev–Trinajstić information content (AvgIpc) is 2.39. The number of aromatic nitrogens is 1. The number of hydrogen-bond acceptors (Lipinski definition) is 5. The first-order chi connectivity index (χ1) is 8.59. The van der Waals surface area contributed by atoms with Crippen LogP contribution in [0.1, 0.15) is 10.4 Å². The highest BCUT2D eigenvalue weighted by atomic mass is 35.5. The Hall–Kier alpha value is -1.73. The highest BCUT2D eigenvalue weighted by Crippen LogP contribution is 2.20. The largest absolute Gasteiger partial charge is 0.336 e. The first-order valence-corrected chi connectivity index (χ1v) is 5.77. The van der Waals surface area contributed by atoms with Crippen molar-refractivity contribution in [1.29, 1.82) is 0 Å². The maximum Gasteiger partial charge on any atom is 0.288 e. The van der Waals surface area contributed by atoms with E-state index in [4.69, 9.17) is 11.6 Å². The van der Waals surface area contributed by atoms with Gasteiger partial charge in [-0.2, -0.15) is 0 Å². The third-order valence-corrected chi connectivity index (χ3v) is 2.97. The van der Waals surface area contributed by atoms with E-state index >= 15 is 0 Å². The van der Waals surface area contributed by atoms with Gasteiger partial charge in [-0.05, 0) is 0 Å². The van der Waals surface area contributed by atoms with E-state index in [1.807, 2.05) is 0 Å². The molecule has 0 aliphatic carbocycles. The van der Waals surface area contributed by atoms with Gasteiger partial charge in [0.05, 0.1) is 10.5 Å². The van der Waals surface area contributed by atoms with E-state index in [1.165, 1.54) is 6.07 Å². The summed E-state index contributed by atoms with van der Waals surface area (Å²) < 4.78 is 0. The molecule has 1 aliphatic heterocycles. The second-order valence-electron chi connectivity index (χ2n) is 3.83.